The van der Waals surface area contributed by atoms with Crippen LogP contribution in [0.1, 0.15) is 23.5 Å². The first-order chi connectivity index (χ1) is 14.0. The first-order valence-corrected chi connectivity index (χ1v) is 8.77. The largest absolute Gasteiger partial charge is 0.481 e. The molecule has 1 heterocycles. The van der Waals surface area contributed by atoms with E-state index in [1.165, 1.54) is 12.4 Å². The molecular weight excluding hydrogens is 372 g/mol. The average molecular weight is 390 g/mol. The van der Waals surface area contributed by atoms with Crippen molar-refractivity contribution in [3.05, 3.63) is 84.2 Å². The summed E-state index contributed by atoms with van der Waals surface area (Å²) in [6.45, 7) is 0. The molecule has 0 fully saturated rings. The van der Waals surface area contributed by atoms with Gasteiger partial charge in [0.1, 0.15) is 6.42 Å². The Morgan fingerprint density at radius 3 is 1.83 bits per heavy atom. The van der Waals surface area contributed by atoms with E-state index in [9.17, 15) is 14.4 Å². The molecule has 0 aliphatic rings. The molecular formula is C21H18N4O4. The lowest BCUT2D eigenvalue weighted by Crippen LogP contribution is -2.22. The maximum atomic E-state index is 13.0. The number of hydrogen-bond acceptors (Lipinski definition) is 5. The monoisotopic (exact) mass is 390 g/mol. The van der Waals surface area contributed by atoms with Crippen molar-refractivity contribution in [1.82, 2.24) is 9.97 Å². The van der Waals surface area contributed by atoms with Gasteiger partial charge in [-0.05, 0) is 11.1 Å². The van der Waals surface area contributed by atoms with Gasteiger partial charge in [0.2, 0.25) is 17.8 Å². The van der Waals surface area contributed by atoms with Crippen molar-refractivity contribution in [3.63, 3.8) is 0 Å². The molecule has 0 unspecified atom stereocenters. The number of benzene rings is 2. The van der Waals surface area contributed by atoms with Gasteiger partial charge < -0.3 is 10.4 Å². The van der Waals surface area contributed by atoms with E-state index in [4.69, 9.17) is 5.11 Å². The fourth-order valence-corrected chi connectivity index (χ4v) is 2.76. The summed E-state index contributed by atoms with van der Waals surface area (Å²) in [4.78, 5) is 42.8. The van der Waals surface area contributed by atoms with E-state index in [0.29, 0.717) is 5.69 Å². The third kappa shape index (κ3) is 5.46. The Morgan fingerprint density at radius 2 is 1.34 bits per heavy atom. The number of carboxylic acid groups (broad SMARTS) is 1. The number of hydrogen-bond donors (Lipinski definition) is 3. The molecule has 146 valence electrons. The molecule has 0 saturated heterocycles. The van der Waals surface area contributed by atoms with Gasteiger partial charge in [0.05, 0.1) is 24.0 Å². The molecule has 8 heteroatoms. The van der Waals surface area contributed by atoms with Gasteiger partial charge in [-0.2, -0.15) is 0 Å². The zero-order valence-corrected chi connectivity index (χ0v) is 15.3. The fraction of sp³-hybridized carbons (Fsp3) is 0.0952. The number of carboxylic acids is 1. The molecule has 29 heavy (non-hydrogen) atoms. The van der Waals surface area contributed by atoms with Crippen LogP contribution in [-0.2, 0) is 14.4 Å². The van der Waals surface area contributed by atoms with Crippen molar-refractivity contribution in [3.8, 4) is 0 Å². The van der Waals surface area contributed by atoms with Crippen LogP contribution in [0.15, 0.2) is 73.1 Å². The number of aliphatic carboxylic acids is 1. The first-order valence-electron chi connectivity index (χ1n) is 8.77. The Hall–Kier alpha value is -4.07. The van der Waals surface area contributed by atoms with Crippen LogP contribution in [0.25, 0.3) is 0 Å². The number of carbonyl (C=O) groups is 3. The first kappa shape index (κ1) is 19.7. The number of nitrogens with one attached hydrogen (secondary N) is 2. The average Bonchev–Trinajstić information content (AvgIpc) is 2.71. The normalized spacial score (nSPS) is 10.4. The van der Waals surface area contributed by atoms with Crippen molar-refractivity contribution >= 4 is 29.4 Å². The molecule has 1 aromatic heterocycles. The Kier molecular flexibility index (Phi) is 6.26. The van der Waals surface area contributed by atoms with Gasteiger partial charge in [-0.1, -0.05) is 60.7 Å². The summed E-state index contributed by atoms with van der Waals surface area (Å²) in [5.74, 6) is -2.81. The lowest BCUT2D eigenvalue weighted by atomic mass is 9.90. The molecule has 0 spiro atoms. The lowest BCUT2D eigenvalue weighted by molar-refractivity contribution is -0.139. The number of anilines is 2. The maximum absolute atomic E-state index is 13.0. The predicted octanol–water partition coefficient (Wildman–Crippen LogP) is 2.66. The van der Waals surface area contributed by atoms with Gasteiger partial charge in [0.25, 0.3) is 0 Å². The minimum atomic E-state index is -1.25. The second kappa shape index (κ2) is 9.23. The molecule has 0 aliphatic carbocycles. The highest BCUT2D eigenvalue weighted by atomic mass is 16.4. The number of rotatable bonds is 7. The molecule has 3 N–H and O–H groups in total. The lowest BCUT2D eigenvalue weighted by Gasteiger charge is -2.17. The van der Waals surface area contributed by atoms with Gasteiger partial charge in [-0.25, -0.2) is 9.97 Å². The van der Waals surface area contributed by atoms with E-state index in [2.05, 4.69) is 20.6 Å². The Labute approximate surface area is 166 Å². The van der Waals surface area contributed by atoms with Crippen LogP contribution in [0.3, 0.4) is 0 Å². The summed E-state index contributed by atoms with van der Waals surface area (Å²) in [6, 6.07) is 18.8. The van der Waals surface area contributed by atoms with Crippen LogP contribution in [-0.4, -0.2) is 32.9 Å². The summed E-state index contributed by atoms with van der Waals surface area (Å²) in [6.07, 6.45) is 2.00. The summed E-state index contributed by atoms with van der Waals surface area (Å²) >= 11 is 0. The third-order valence-electron chi connectivity index (χ3n) is 4.01. The highest BCUT2D eigenvalue weighted by Crippen LogP contribution is 2.26. The van der Waals surface area contributed by atoms with E-state index >= 15 is 0 Å². The predicted molar refractivity (Wildman–Crippen MR) is 106 cm³/mol. The van der Waals surface area contributed by atoms with Crippen molar-refractivity contribution < 1.29 is 19.5 Å². The summed E-state index contributed by atoms with van der Waals surface area (Å²) < 4.78 is 0. The van der Waals surface area contributed by atoms with E-state index in [0.717, 1.165) is 11.1 Å². The molecule has 2 aromatic carbocycles. The van der Waals surface area contributed by atoms with E-state index in [1.807, 2.05) is 60.7 Å². The number of aromatic nitrogens is 2. The van der Waals surface area contributed by atoms with Gasteiger partial charge in [-0.15, -0.1) is 0 Å². The number of carbonyl (C=O) groups excluding carboxylic acids is 2. The van der Waals surface area contributed by atoms with Crippen LogP contribution in [0.4, 0.5) is 11.6 Å². The molecule has 3 rings (SSSR count). The van der Waals surface area contributed by atoms with Crippen molar-refractivity contribution in [1.29, 1.82) is 0 Å². The van der Waals surface area contributed by atoms with Gasteiger partial charge in [0, 0.05) is 0 Å². The minimum absolute atomic E-state index is 0.0445. The van der Waals surface area contributed by atoms with Crippen LogP contribution in [0, 0.1) is 0 Å². The van der Waals surface area contributed by atoms with Crippen LogP contribution in [0.5, 0.6) is 0 Å². The van der Waals surface area contributed by atoms with Gasteiger partial charge in [0.15, 0.2) is 0 Å². The van der Waals surface area contributed by atoms with Gasteiger partial charge >= 0.3 is 5.97 Å². The molecule has 2 amide bonds. The Morgan fingerprint density at radius 1 is 0.828 bits per heavy atom. The topological polar surface area (TPSA) is 121 Å². The van der Waals surface area contributed by atoms with E-state index in [1.54, 1.807) is 0 Å². The standard InChI is InChI=1S/C21H18N4O4/c26-17(11-18(27)28)25-21-22-12-16(13-23-21)24-20(29)19(14-7-3-1-4-8-14)15-9-5-2-6-10-15/h1-10,12-13,19H,11H2,(H,24,29)(H,27,28)(H,22,23,25,26). The second-order valence-corrected chi connectivity index (χ2v) is 6.16. The summed E-state index contributed by atoms with van der Waals surface area (Å²) in [5.41, 5.74) is 2.03. The van der Waals surface area contributed by atoms with Crippen molar-refractivity contribution in [2.45, 2.75) is 12.3 Å². The van der Waals surface area contributed by atoms with Crippen LogP contribution in [0.2, 0.25) is 0 Å². The van der Waals surface area contributed by atoms with Crippen LogP contribution >= 0.6 is 0 Å². The maximum Gasteiger partial charge on any atom is 0.312 e. The Bertz CT molecular complexity index is 953. The molecule has 0 saturated carbocycles. The smallest absolute Gasteiger partial charge is 0.312 e. The molecule has 0 aliphatic heterocycles. The highest BCUT2D eigenvalue weighted by Gasteiger charge is 2.22. The number of amides is 2. The molecule has 8 nitrogen and oxygen atoms in total. The van der Waals surface area contributed by atoms with E-state index in [-0.39, 0.29) is 11.9 Å². The molecule has 0 bridgehead atoms. The molecule has 0 radical (unpaired) electrons. The zero-order valence-electron chi connectivity index (χ0n) is 15.3. The SMILES string of the molecule is O=C(O)CC(=O)Nc1ncc(NC(=O)C(c2ccccc2)c2ccccc2)cn1. The zero-order chi connectivity index (χ0) is 20.6. The van der Waals surface area contributed by atoms with E-state index < -0.39 is 24.2 Å². The molecule has 3 aromatic rings. The van der Waals surface area contributed by atoms with Gasteiger partial charge in [-0.3, -0.25) is 19.7 Å². The minimum Gasteiger partial charge on any atom is -0.481 e. The highest BCUT2D eigenvalue weighted by molar-refractivity contribution is 6.00. The fourth-order valence-electron chi connectivity index (χ4n) is 2.76. The van der Waals surface area contributed by atoms with Crippen molar-refractivity contribution in [2.75, 3.05) is 10.6 Å². The summed E-state index contributed by atoms with van der Waals surface area (Å²) in [5, 5.41) is 13.7. The quantitative estimate of drug-likeness (QED) is 0.533. The molecule has 0 atom stereocenters. The third-order valence-corrected chi connectivity index (χ3v) is 4.01. The second-order valence-electron chi connectivity index (χ2n) is 6.16. The number of nitrogens with zero attached hydrogens (tertiary/aromatic N) is 2. The van der Waals surface area contributed by atoms with Crippen molar-refractivity contribution in [2.24, 2.45) is 0 Å². The van der Waals surface area contributed by atoms with Crippen LogP contribution < -0.4 is 10.6 Å². The summed E-state index contributed by atoms with van der Waals surface area (Å²) in [7, 11) is 0. The Balaban J connectivity index is 1.75.